The molecule has 6 heteroatoms. The van der Waals surface area contributed by atoms with Gasteiger partial charge in [0.2, 0.25) is 0 Å². The van der Waals surface area contributed by atoms with E-state index in [1.807, 2.05) is 24.1 Å². The van der Waals surface area contributed by atoms with Crippen LogP contribution in [0.25, 0.3) is 0 Å². The zero-order valence-electron chi connectivity index (χ0n) is 16.2. The molecule has 0 N–H and O–H groups in total. The van der Waals surface area contributed by atoms with Gasteiger partial charge in [0.25, 0.3) is 5.91 Å². The third kappa shape index (κ3) is 5.26. The Morgan fingerprint density at radius 1 is 1.30 bits per heavy atom. The van der Waals surface area contributed by atoms with Crippen LogP contribution in [0.2, 0.25) is 0 Å². The summed E-state index contributed by atoms with van der Waals surface area (Å²) in [5, 5.41) is 7.53. The zero-order chi connectivity index (χ0) is 19.1. The van der Waals surface area contributed by atoms with Crippen molar-refractivity contribution in [3.05, 3.63) is 53.9 Å². The number of hydrogen-bond donors (Lipinski definition) is 0. The van der Waals surface area contributed by atoms with Gasteiger partial charge in [-0.1, -0.05) is 18.2 Å². The normalized spacial score (nSPS) is 17.5. The first-order chi connectivity index (χ1) is 13.2. The molecular formula is C21H28N4O2. The lowest BCUT2D eigenvalue weighted by molar-refractivity contribution is 0.0729. The molecule has 6 nitrogen and oxygen atoms in total. The van der Waals surface area contributed by atoms with Crippen LogP contribution in [0.15, 0.2) is 42.7 Å². The third-order valence-corrected chi connectivity index (χ3v) is 5.20. The molecule has 1 aromatic heterocycles. The van der Waals surface area contributed by atoms with Gasteiger partial charge in [0.15, 0.2) is 0 Å². The van der Waals surface area contributed by atoms with E-state index in [1.165, 1.54) is 18.2 Å². The van der Waals surface area contributed by atoms with Gasteiger partial charge < -0.3 is 14.5 Å². The van der Waals surface area contributed by atoms with Crippen molar-refractivity contribution in [2.45, 2.75) is 19.3 Å². The Bertz CT molecular complexity index is 738. The lowest BCUT2D eigenvalue weighted by Crippen LogP contribution is -2.42. The van der Waals surface area contributed by atoms with Gasteiger partial charge >= 0.3 is 0 Å². The molecule has 144 valence electrons. The largest absolute Gasteiger partial charge is 0.496 e. The second kappa shape index (κ2) is 9.46. The first-order valence-corrected chi connectivity index (χ1v) is 9.53. The number of rotatable bonds is 7. The highest BCUT2D eigenvalue weighted by Crippen LogP contribution is 2.21. The minimum Gasteiger partial charge on any atom is -0.496 e. The monoisotopic (exact) mass is 368 g/mol. The van der Waals surface area contributed by atoms with Gasteiger partial charge in [0.1, 0.15) is 5.75 Å². The van der Waals surface area contributed by atoms with Crippen molar-refractivity contribution < 1.29 is 9.53 Å². The molecule has 0 aliphatic carbocycles. The number of carbonyl (C=O) groups is 1. The van der Waals surface area contributed by atoms with Crippen molar-refractivity contribution in [1.82, 2.24) is 20.0 Å². The molecule has 0 saturated carbocycles. The van der Waals surface area contributed by atoms with Crippen LogP contribution < -0.4 is 4.74 Å². The molecule has 1 fully saturated rings. The Morgan fingerprint density at radius 3 is 2.93 bits per heavy atom. The minimum atomic E-state index is 0.0102. The number of methoxy groups -OCH3 is 1. The molecule has 0 spiro atoms. The molecule has 0 radical (unpaired) electrons. The summed E-state index contributed by atoms with van der Waals surface area (Å²) >= 11 is 0. The SMILES string of the molecule is COc1ccccc1CCN1CCC[C@@H](CN(C)C(=O)c2ccnnc2)C1. The van der Waals surface area contributed by atoms with Crippen molar-refractivity contribution >= 4 is 5.91 Å². The number of ether oxygens (including phenoxy) is 1. The van der Waals surface area contributed by atoms with E-state index in [4.69, 9.17) is 4.74 Å². The van der Waals surface area contributed by atoms with Gasteiger partial charge in [-0.2, -0.15) is 10.2 Å². The van der Waals surface area contributed by atoms with Crippen molar-refractivity contribution in [1.29, 1.82) is 0 Å². The highest BCUT2D eigenvalue weighted by atomic mass is 16.5. The van der Waals surface area contributed by atoms with Crippen molar-refractivity contribution in [3.63, 3.8) is 0 Å². The molecule has 1 amide bonds. The number of carbonyl (C=O) groups excluding carboxylic acids is 1. The van der Waals surface area contributed by atoms with Crippen LogP contribution in [-0.2, 0) is 6.42 Å². The summed E-state index contributed by atoms with van der Waals surface area (Å²) in [5.41, 5.74) is 1.84. The van der Waals surface area contributed by atoms with Gasteiger partial charge in [-0.25, -0.2) is 0 Å². The number of piperidine rings is 1. The summed E-state index contributed by atoms with van der Waals surface area (Å²) in [5.74, 6) is 1.47. The predicted octanol–water partition coefficient (Wildman–Crippen LogP) is 2.51. The van der Waals surface area contributed by atoms with E-state index in [0.717, 1.165) is 44.8 Å². The Labute approximate surface area is 161 Å². The van der Waals surface area contributed by atoms with Gasteiger partial charge in [-0.3, -0.25) is 4.79 Å². The number of amides is 1. The van der Waals surface area contributed by atoms with E-state index in [0.29, 0.717) is 11.5 Å². The van der Waals surface area contributed by atoms with Crippen LogP contribution in [0.5, 0.6) is 5.75 Å². The predicted molar refractivity (Wildman–Crippen MR) is 105 cm³/mol. The molecule has 1 aliphatic heterocycles. The first kappa shape index (κ1) is 19.3. The Hall–Kier alpha value is -2.47. The maximum Gasteiger partial charge on any atom is 0.255 e. The van der Waals surface area contributed by atoms with E-state index >= 15 is 0 Å². The molecule has 0 unspecified atom stereocenters. The number of hydrogen-bond acceptors (Lipinski definition) is 5. The summed E-state index contributed by atoms with van der Waals surface area (Å²) in [6, 6.07) is 9.93. The Kier molecular flexibility index (Phi) is 6.76. The molecule has 2 heterocycles. The van der Waals surface area contributed by atoms with Crippen molar-refractivity contribution in [2.75, 3.05) is 40.3 Å². The van der Waals surface area contributed by atoms with Crippen LogP contribution in [-0.4, -0.2) is 66.2 Å². The molecule has 1 saturated heterocycles. The minimum absolute atomic E-state index is 0.0102. The topological polar surface area (TPSA) is 58.6 Å². The van der Waals surface area contributed by atoms with Gasteiger partial charge in [0.05, 0.1) is 25.1 Å². The van der Waals surface area contributed by atoms with Crippen LogP contribution >= 0.6 is 0 Å². The molecular weight excluding hydrogens is 340 g/mol. The quantitative estimate of drug-likeness (QED) is 0.752. The number of likely N-dealkylation sites (tertiary alicyclic amines) is 1. The maximum atomic E-state index is 12.5. The molecule has 27 heavy (non-hydrogen) atoms. The second-order valence-corrected chi connectivity index (χ2v) is 7.19. The highest BCUT2D eigenvalue weighted by molar-refractivity contribution is 5.93. The van der Waals surface area contributed by atoms with Crippen molar-refractivity contribution in [3.8, 4) is 5.75 Å². The standard InChI is InChI=1S/C21H28N4O2/c1-24(21(26)19-9-11-22-23-14-19)15-17-6-5-12-25(16-17)13-10-18-7-3-4-8-20(18)27-2/h3-4,7-9,11,14,17H,5-6,10,12-13,15-16H2,1-2H3/t17-/m0/s1. The van der Waals surface area contributed by atoms with Gasteiger partial charge in [-0.15, -0.1) is 0 Å². The number of benzene rings is 1. The Morgan fingerprint density at radius 2 is 2.15 bits per heavy atom. The summed E-state index contributed by atoms with van der Waals surface area (Å²) < 4.78 is 5.46. The van der Waals surface area contributed by atoms with E-state index < -0.39 is 0 Å². The maximum absolute atomic E-state index is 12.5. The lowest BCUT2D eigenvalue weighted by Gasteiger charge is -2.34. The zero-order valence-corrected chi connectivity index (χ0v) is 16.2. The number of para-hydroxylation sites is 1. The molecule has 2 aromatic rings. The smallest absolute Gasteiger partial charge is 0.255 e. The second-order valence-electron chi connectivity index (χ2n) is 7.19. The highest BCUT2D eigenvalue weighted by Gasteiger charge is 2.23. The summed E-state index contributed by atoms with van der Waals surface area (Å²) in [6.07, 6.45) is 6.40. The van der Waals surface area contributed by atoms with E-state index in [9.17, 15) is 4.79 Å². The fourth-order valence-electron chi connectivity index (χ4n) is 3.80. The average Bonchev–Trinajstić information content (AvgIpc) is 2.72. The van der Waals surface area contributed by atoms with E-state index in [2.05, 4.69) is 27.2 Å². The lowest BCUT2D eigenvalue weighted by atomic mass is 9.96. The Balaban J connectivity index is 1.51. The van der Waals surface area contributed by atoms with E-state index in [1.54, 1.807) is 19.4 Å². The molecule has 3 rings (SSSR count). The molecule has 1 aliphatic rings. The first-order valence-electron chi connectivity index (χ1n) is 9.53. The summed E-state index contributed by atoms with van der Waals surface area (Å²) in [4.78, 5) is 16.8. The number of aromatic nitrogens is 2. The summed E-state index contributed by atoms with van der Waals surface area (Å²) in [7, 11) is 3.59. The van der Waals surface area contributed by atoms with Crippen LogP contribution in [0.3, 0.4) is 0 Å². The number of nitrogens with zero attached hydrogens (tertiary/aromatic N) is 4. The van der Waals surface area contributed by atoms with E-state index in [-0.39, 0.29) is 5.91 Å². The van der Waals surface area contributed by atoms with Crippen LogP contribution in [0, 0.1) is 5.92 Å². The third-order valence-electron chi connectivity index (χ3n) is 5.20. The molecule has 1 aromatic carbocycles. The molecule has 0 bridgehead atoms. The van der Waals surface area contributed by atoms with Gasteiger partial charge in [-0.05, 0) is 49.4 Å². The van der Waals surface area contributed by atoms with Crippen LogP contribution in [0.1, 0.15) is 28.8 Å². The fraction of sp³-hybridized carbons (Fsp3) is 0.476. The van der Waals surface area contributed by atoms with Crippen molar-refractivity contribution in [2.24, 2.45) is 5.92 Å². The average molecular weight is 368 g/mol. The summed E-state index contributed by atoms with van der Waals surface area (Å²) in [6.45, 7) is 3.94. The van der Waals surface area contributed by atoms with Gasteiger partial charge in [0, 0.05) is 26.7 Å². The molecule has 1 atom stereocenters. The van der Waals surface area contributed by atoms with Crippen LogP contribution in [0.4, 0.5) is 0 Å². The fourth-order valence-corrected chi connectivity index (χ4v) is 3.80.